The molecule has 0 atom stereocenters. The Kier molecular flexibility index (Phi) is 1.92. The topological polar surface area (TPSA) is 43.1 Å². The molecule has 66 valence electrons. The summed E-state index contributed by atoms with van der Waals surface area (Å²) in [7, 11) is 0. The Hall–Kier alpha value is -1.16. The molecule has 1 heterocycles. The van der Waals surface area contributed by atoms with Crippen molar-refractivity contribution in [2.75, 3.05) is 0 Å². The van der Waals surface area contributed by atoms with E-state index in [9.17, 15) is 4.79 Å². The van der Waals surface area contributed by atoms with Crippen molar-refractivity contribution in [1.29, 1.82) is 0 Å². The SMILES string of the molecule is Cc1nc2cc(Br)cc(C=O)c2o1. The van der Waals surface area contributed by atoms with Gasteiger partial charge in [-0.15, -0.1) is 0 Å². The second-order valence-electron chi connectivity index (χ2n) is 2.69. The summed E-state index contributed by atoms with van der Waals surface area (Å²) >= 11 is 3.29. The summed E-state index contributed by atoms with van der Waals surface area (Å²) < 4.78 is 6.11. The maximum absolute atomic E-state index is 10.7. The predicted octanol–water partition coefficient (Wildman–Crippen LogP) is 2.71. The first-order chi connectivity index (χ1) is 6.20. The van der Waals surface area contributed by atoms with E-state index in [0.29, 0.717) is 22.6 Å². The van der Waals surface area contributed by atoms with Crippen LogP contribution in [0.3, 0.4) is 0 Å². The van der Waals surface area contributed by atoms with Crippen molar-refractivity contribution in [3.63, 3.8) is 0 Å². The highest BCUT2D eigenvalue weighted by atomic mass is 79.9. The van der Waals surface area contributed by atoms with E-state index in [-0.39, 0.29) is 0 Å². The fourth-order valence-electron chi connectivity index (χ4n) is 1.22. The summed E-state index contributed by atoms with van der Waals surface area (Å²) in [5.74, 6) is 0.566. The first kappa shape index (κ1) is 8.44. The average Bonchev–Trinajstić information content (AvgIpc) is 2.43. The molecule has 0 radical (unpaired) electrons. The van der Waals surface area contributed by atoms with Crippen LogP contribution in [0, 0.1) is 6.92 Å². The monoisotopic (exact) mass is 239 g/mol. The molecule has 2 aromatic rings. The third-order valence-electron chi connectivity index (χ3n) is 1.72. The van der Waals surface area contributed by atoms with Crippen LogP contribution in [0.1, 0.15) is 16.2 Å². The van der Waals surface area contributed by atoms with E-state index in [0.717, 1.165) is 10.8 Å². The van der Waals surface area contributed by atoms with Crippen molar-refractivity contribution >= 4 is 33.3 Å². The van der Waals surface area contributed by atoms with E-state index in [1.54, 1.807) is 13.0 Å². The minimum atomic E-state index is 0.518. The highest BCUT2D eigenvalue weighted by Gasteiger charge is 2.08. The summed E-state index contributed by atoms with van der Waals surface area (Å²) in [6.07, 6.45) is 0.762. The fourth-order valence-corrected chi connectivity index (χ4v) is 1.69. The zero-order valence-corrected chi connectivity index (χ0v) is 8.46. The zero-order chi connectivity index (χ0) is 9.42. The smallest absolute Gasteiger partial charge is 0.192 e. The molecule has 0 bridgehead atoms. The maximum Gasteiger partial charge on any atom is 0.192 e. The molecule has 0 aliphatic heterocycles. The number of aryl methyl sites for hydroxylation is 1. The van der Waals surface area contributed by atoms with Gasteiger partial charge in [-0.1, -0.05) is 15.9 Å². The summed E-state index contributed by atoms with van der Waals surface area (Å²) in [4.78, 5) is 14.8. The zero-order valence-electron chi connectivity index (χ0n) is 6.87. The molecular formula is C9H6BrNO2. The van der Waals surface area contributed by atoms with Gasteiger partial charge in [0.2, 0.25) is 0 Å². The highest BCUT2D eigenvalue weighted by Crippen LogP contribution is 2.23. The van der Waals surface area contributed by atoms with Crippen molar-refractivity contribution in [2.24, 2.45) is 0 Å². The molecule has 2 rings (SSSR count). The molecule has 0 fully saturated rings. The third-order valence-corrected chi connectivity index (χ3v) is 2.18. The number of hydrogen-bond acceptors (Lipinski definition) is 3. The highest BCUT2D eigenvalue weighted by molar-refractivity contribution is 9.10. The largest absolute Gasteiger partial charge is 0.440 e. The van der Waals surface area contributed by atoms with E-state index in [1.165, 1.54) is 0 Å². The Morgan fingerprint density at radius 2 is 2.31 bits per heavy atom. The molecule has 13 heavy (non-hydrogen) atoms. The predicted molar refractivity (Wildman–Crippen MR) is 51.8 cm³/mol. The molecule has 0 saturated heterocycles. The Bertz CT molecular complexity index is 476. The van der Waals surface area contributed by atoms with Gasteiger partial charge in [-0.05, 0) is 12.1 Å². The van der Waals surface area contributed by atoms with Crippen molar-refractivity contribution in [1.82, 2.24) is 4.98 Å². The first-order valence-corrected chi connectivity index (χ1v) is 4.52. The van der Waals surface area contributed by atoms with Crippen LogP contribution in [-0.2, 0) is 0 Å². The number of rotatable bonds is 1. The third kappa shape index (κ3) is 1.37. The molecule has 3 nitrogen and oxygen atoms in total. The van der Waals surface area contributed by atoms with Gasteiger partial charge in [-0.25, -0.2) is 4.98 Å². The summed E-state index contributed by atoms with van der Waals surface area (Å²) in [6.45, 7) is 1.75. The van der Waals surface area contributed by atoms with Crippen molar-refractivity contribution in [3.8, 4) is 0 Å². The quantitative estimate of drug-likeness (QED) is 0.719. The van der Waals surface area contributed by atoms with Gasteiger partial charge in [0.05, 0.1) is 5.56 Å². The Balaban J connectivity index is 2.88. The second kappa shape index (κ2) is 2.96. The van der Waals surface area contributed by atoms with Crippen LogP contribution in [0.15, 0.2) is 21.0 Å². The van der Waals surface area contributed by atoms with Gasteiger partial charge in [-0.2, -0.15) is 0 Å². The van der Waals surface area contributed by atoms with Crippen LogP contribution in [0.2, 0.25) is 0 Å². The van der Waals surface area contributed by atoms with E-state index >= 15 is 0 Å². The van der Waals surface area contributed by atoms with Crippen LogP contribution in [0.25, 0.3) is 11.1 Å². The molecule has 0 unspecified atom stereocenters. The number of aldehydes is 1. The van der Waals surface area contributed by atoms with E-state index in [4.69, 9.17) is 4.42 Å². The lowest BCUT2D eigenvalue weighted by Gasteiger charge is -1.92. The molecule has 1 aromatic carbocycles. The van der Waals surface area contributed by atoms with Crippen LogP contribution >= 0.6 is 15.9 Å². The number of hydrogen-bond donors (Lipinski definition) is 0. The number of carbonyl (C=O) groups excluding carboxylic acids is 1. The Morgan fingerprint density at radius 1 is 1.54 bits per heavy atom. The maximum atomic E-state index is 10.7. The van der Waals surface area contributed by atoms with Crippen molar-refractivity contribution in [2.45, 2.75) is 6.92 Å². The molecule has 0 aliphatic rings. The van der Waals surface area contributed by atoms with Gasteiger partial charge in [0, 0.05) is 11.4 Å². The minimum absolute atomic E-state index is 0.518. The van der Waals surface area contributed by atoms with E-state index in [1.807, 2.05) is 6.07 Å². The van der Waals surface area contributed by atoms with Gasteiger partial charge in [0.25, 0.3) is 0 Å². The molecule has 1 aromatic heterocycles. The van der Waals surface area contributed by atoms with Crippen LogP contribution in [-0.4, -0.2) is 11.3 Å². The number of fused-ring (bicyclic) bond motifs is 1. The van der Waals surface area contributed by atoms with E-state index in [2.05, 4.69) is 20.9 Å². The van der Waals surface area contributed by atoms with Gasteiger partial charge >= 0.3 is 0 Å². The van der Waals surface area contributed by atoms with Crippen molar-refractivity contribution in [3.05, 3.63) is 28.1 Å². The van der Waals surface area contributed by atoms with E-state index < -0.39 is 0 Å². The Morgan fingerprint density at radius 3 is 3.00 bits per heavy atom. The molecule has 4 heteroatoms. The number of oxazole rings is 1. The lowest BCUT2D eigenvalue weighted by Crippen LogP contribution is -1.80. The molecule has 0 spiro atoms. The first-order valence-electron chi connectivity index (χ1n) is 3.72. The number of nitrogens with zero attached hydrogens (tertiary/aromatic N) is 1. The van der Waals surface area contributed by atoms with Gasteiger partial charge in [0.1, 0.15) is 5.52 Å². The van der Waals surface area contributed by atoms with Crippen LogP contribution < -0.4 is 0 Å². The number of halogens is 1. The molecule has 0 saturated carbocycles. The summed E-state index contributed by atoms with van der Waals surface area (Å²) in [5, 5.41) is 0. The summed E-state index contributed by atoms with van der Waals surface area (Å²) in [6, 6.07) is 3.53. The van der Waals surface area contributed by atoms with Gasteiger partial charge in [-0.3, -0.25) is 4.79 Å². The fraction of sp³-hybridized carbons (Fsp3) is 0.111. The summed E-state index contributed by atoms with van der Waals surface area (Å²) in [5.41, 5.74) is 1.77. The lowest BCUT2D eigenvalue weighted by atomic mass is 10.2. The molecule has 0 aliphatic carbocycles. The minimum Gasteiger partial charge on any atom is -0.440 e. The average molecular weight is 240 g/mol. The number of carbonyl (C=O) groups is 1. The number of aromatic nitrogens is 1. The molecule has 0 amide bonds. The second-order valence-corrected chi connectivity index (χ2v) is 3.61. The lowest BCUT2D eigenvalue weighted by molar-refractivity contribution is 0.112. The molecule has 0 N–H and O–H groups in total. The Labute approximate surface area is 82.9 Å². The van der Waals surface area contributed by atoms with Gasteiger partial charge in [0.15, 0.2) is 17.8 Å². The standard InChI is InChI=1S/C9H6BrNO2/c1-5-11-8-3-7(10)2-6(4-12)9(8)13-5/h2-4H,1H3. The van der Waals surface area contributed by atoms with Crippen LogP contribution in [0.5, 0.6) is 0 Å². The number of benzene rings is 1. The van der Waals surface area contributed by atoms with Gasteiger partial charge < -0.3 is 4.42 Å². The normalized spacial score (nSPS) is 10.6. The van der Waals surface area contributed by atoms with Crippen molar-refractivity contribution < 1.29 is 9.21 Å². The van der Waals surface area contributed by atoms with Crippen LogP contribution in [0.4, 0.5) is 0 Å². The molecular weight excluding hydrogens is 234 g/mol.